The molecule has 0 amide bonds. The van der Waals surface area contributed by atoms with Crippen molar-refractivity contribution < 1.29 is 8.78 Å². The predicted octanol–water partition coefficient (Wildman–Crippen LogP) is 3.47. The molecule has 0 radical (unpaired) electrons. The average Bonchev–Trinajstić information content (AvgIpc) is 2.29. The number of hydrogen-bond acceptors (Lipinski definition) is 0. The Bertz CT molecular complexity index is 202. The minimum Gasteiger partial charge on any atom is -0.206 e. The number of halogens is 2. The molecule has 2 unspecified atom stereocenters. The van der Waals surface area contributed by atoms with E-state index in [2.05, 4.69) is 0 Å². The number of rotatable bonds is 0. The Labute approximate surface area is 72.3 Å². The van der Waals surface area contributed by atoms with Crippen LogP contribution in [-0.4, -0.2) is 5.92 Å². The van der Waals surface area contributed by atoms with E-state index in [0.29, 0.717) is 0 Å². The molecule has 0 aliphatic heterocycles. The van der Waals surface area contributed by atoms with Crippen molar-refractivity contribution in [3.8, 4) is 0 Å². The zero-order chi connectivity index (χ0) is 9.20. The van der Waals surface area contributed by atoms with Crippen LogP contribution in [0.3, 0.4) is 0 Å². The minimum absolute atomic E-state index is 0.225. The van der Waals surface area contributed by atoms with Crippen LogP contribution in [0.5, 0.6) is 0 Å². The molecule has 2 saturated carbocycles. The first-order valence-corrected chi connectivity index (χ1v) is 4.72. The molecule has 12 heavy (non-hydrogen) atoms. The maximum Gasteiger partial charge on any atom is 0.258 e. The zero-order valence-electron chi connectivity index (χ0n) is 7.95. The second-order valence-electron chi connectivity index (χ2n) is 5.29. The lowest BCUT2D eigenvalue weighted by Gasteiger charge is -2.29. The van der Waals surface area contributed by atoms with Crippen LogP contribution in [0.2, 0.25) is 0 Å². The van der Waals surface area contributed by atoms with Crippen LogP contribution in [0.15, 0.2) is 0 Å². The summed E-state index contributed by atoms with van der Waals surface area (Å²) in [5.41, 5.74) is -0.863. The average molecular weight is 174 g/mol. The van der Waals surface area contributed by atoms with E-state index in [4.69, 9.17) is 0 Å². The fourth-order valence-electron chi connectivity index (χ4n) is 3.28. The van der Waals surface area contributed by atoms with Crippen LogP contribution in [-0.2, 0) is 0 Å². The minimum atomic E-state index is -2.36. The van der Waals surface area contributed by atoms with Gasteiger partial charge in [0.25, 0.3) is 5.92 Å². The highest BCUT2D eigenvalue weighted by molar-refractivity contribution is 5.24. The van der Waals surface area contributed by atoms with E-state index < -0.39 is 11.3 Å². The number of alkyl halides is 2. The molecule has 0 heterocycles. The van der Waals surface area contributed by atoms with Crippen LogP contribution in [0, 0.1) is 16.7 Å². The molecule has 0 saturated heterocycles. The summed E-state index contributed by atoms with van der Waals surface area (Å²) in [6.07, 6.45) is 2.47. The van der Waals surface area contributed by atoms with E-state index >= 15 is 0 Å². The largest absolute Gasteiger partial charge is 0.258 e. The van der Waals surface area contributed by atoms with Crippen molar-refractivity contribution in [3.05, 3.63) is 0 Å². The van der Waals surface area contributed by atoms with E-state index in [0.717, 1.165) is 19.3 Å². The molecule has 0 nitrogen and oxygen atoms in total. The summed E-state index contributed by atoms with van der Waals surface area (Å²) >= 11 is 0. The Morgan fingerprint density at radius 2 is 1.83 bits per heavy atom. The molecule has 0 aromatic carbocycles. The fourth-order valence-corrected chi connectivity index (χ4v) is 3.28. The fraction of sp³-hybridized carbons (Fsp3) is 1.00. The van der Waals surface area contributed by atoms with E-state index in [-0.39, 0.29) is 11.3 Å². The van der Waals surface area contributed by atoms with Gasteiger partial charge in [-0.05, 0) is 18.3 Å². The highest BCUT2D eigenvalue weighted by atomic mass is 19.3. The molecular weight excluding hydrogens is 158 g/mol. The Morgan fingerprint density at radius 1 is 1.25 bits per heavy atom. The van der Waals surface area contributed by atoms with E-state index in [9.17, 15) is 8.78 Å². The van der Waals surface area contributed by atoms with Crippen LogP contribution >= 0.6 is 0 Å². The molecule has 0 aromatic rings. The van der Waals surface area contributed by atoms with Gasteiger partial charge in [-0.15, -0.1) is 0 Å². The van der Waals surface area contributed by atoms with Gasteiger partial charge in [0.05, 0.1) is 0 Å². The van der Waals surface area contributed by atoms with E-state index in [1.807, 2.05) is 20.8 Å². The first-order valence-electron chi connectivity index (χ1n) is 4.72. The van der Waals surface area contributed by atoms with Gasteiger partial charge < -0.3 is 0 Å². The van der Waals surface area contributed by atoms with E-state index in [1.54, 1.807) is 0 Å². The molecule has 2 aliphatic carbocycles. The summed E-state index contributed by atoms with van der Waals surface area (Å²) in [4.78, 5) is 0. The molecule has 2 fully saturated rings. The second kappa shape index (κ2) is 1.85. The molecule has 70 valence electrons. The molecular formula is C10H16F2. The molecule has 0 N–H and O–H groups in total. The molecule has 0 spiro atoms. The van der Waals surface area contributed by atoms with Crippen LogP contribution in [0.1, 0.15) is 40.0 Å². The first kappa shape index (κ1) is 8.46. The van der Waals surface area contributed by atoms with Gasteiger partial charge in [0, 0.05) is 11.3 Å². The predicted molar refractivity (Wildman–Crippen MR) is 44.2 cm³/mol. The van der Waals surface area contributed by atoms with Gasteiger partial charge in [0.2, 0.25) is 0 Å². The normalized spacial score (nSPS) is 44.2. The third-order valence-electron chi connectivity index (χ3n) is 3.95. The van der Waals surface area contributed by atoms with Gasteiger partial charge in [0.15, 0.2) is 0 Å². The Balaban J connectivity index is 2.34. The van der Waals surface area contributed by atoms with Crippen molar-refractivity contribution in [2.24, 2.45) is 16.7 Å². The van der Waals surface area contributed by atoms with Crippen molar-refractivity contribution >= 4 is 0 Å². The molecule has 2 rings (SSSR count). The van der Waals surface area contributed by atoms with Gasteiger partial charge in [-0.1, -0.05) is 27.2 Å². The third-order valence-corrected chi connectivity index (χ3v) is 3.95. The summed E-state index contributed by atoms with van der Waals surface area (Å²) in [5.74, 6) is -2.66. The number of hydrogen-bond donors (Lipinski definition) is 0. The van der Waals surface area contributed by atoms with Gasteiger partial charge in [0.1, 0.15) is 0 Å². The smallest absolute Gasteiger partial charge is 0.206 e. The maximum atomic E-state index is 13.4. The lowest BCUT2D eigenvalue weighted by Crippen LogP contribution is -2.27. The molecule has 2 atom stereocenters. The van der Waals surface area contributed by atoms with Crippen molar-refractivity contribution in [2.45, 2.75) is 46.0 Å². The summed E-state index contributed by atoms with van der Waals surface area (Å²) in [5, 5.41) is 0. The van der Waals surface area contributed by atoms with Gasteiger partial charge in [-0.3, -0.25) is 0 Å². The lowest BCUT2D eigenvalue weighted by atomic mass is 9.75. The van der Waals surface area contributed by atoms with E-state index in [1.165, 1.54) is 0 Å². The van der Waals surface area contributed by atoms with Crippen LogP contribution in [0.4, 0.5) is 8.78 Å². The summed E-state index contributed by atoms with van der Waals surface area (Å²) < 4.78 is 26.8. The monoisotopic (exact) mass is 174 g/mol. The summed E-state index contributed by atoms with van der Waals surface area (Å²) in [7, 11) is 0. The van der Waals surface area contributed by atoms with Crippen LogP contribution in [0.25, 0.3) is 0 Å². The topological polar surface area (TPSA) is 0 Å². The second-order valence-corrected chi connectivity index (χ2v) is 5.29. The molecule has 0 aromatic heterocycles. The standard InChI is InChI=1S/C10H16F2/c1-8(2,3)9-6-4-5-7(9)10(9,11)12/h7H,4-6H2,1-3H3. The maximum absolute atomic E-state index is 13.4. The first-order chi connectivity index (χ1) is 5.34. The van der Waals surface area contributed by atoms with Crippen molar-refractivity contribution in [1.82, 2.24) is 0 Å². The quantitative estimate of drug-likeness (QED) is 0.527. The molecule has 2 aliphatic rings. The summed E-state index contributed by atoms with van der Waals surface area (Å²) in [6.45, 7) is 5.85. The SMILES string of the molecule is CC(C)(C)C12CCCC1C2(F)F. The molecule has 0 bridgehead atoms. The van der Waals surface area contributed by atoms with Crippen molar-refractivity contribution in [1.29, 1.82) is 0 Å². The van der Waals surface area contributed by atoms with Crippen molar-refractivity contribution in [3.63, 3.8) is 0 Å². The summed E-state index contributed by atoms with van der Waals surface area (Å²) in [6, 6.07) is 0. The van der Waals surface area contributed by atoms with Gasteiger partial charge >= 0.3 is 0 Å². The van der Waals surface area contributed by atoms with Gasteiger partial charge in [-0.2, -0.15) is 0 Å². The number of fused-ring (bicyclic) bond motifs is 1. The van der Waals surface area contributed by atoms with Crippen LogP contribution < -0.4 is 0 Å². The Kier molecular flexibility index (Phi) is 1.31. The third kappa shape index (κ3) is 0.637. The lowest BCUT2D eigenvalue weighted by molar-refractivity contribution is 0.00368. The van der Waals surface area contributed by atoms with Gasteiger partial charge in [-0.25, -0.2) is 8.78 Å². The van der Waals surface area contributed by atoms with Crippen molar-refractivity contribution in [2.75, 3.05) is 0 Å². The Morgan fingerprint density at radius 3 is 2.08 bits per heavy atom. The highest BCUT2D eigenvalue weighted by Crippen LogP contribution is 2.80. The highest BCUT2D eigenvalue weighted by Gasteiger charge is 2.84. The molecule has 2 heteroatoms. The Hall–Kier alpha value is -0.140. The zero-order valence-corrected chi connectivity index (χ0v) is 7.95.